The van der Waals surface area contributed by atoms with E-state index < -0.39 is 25.9 Å². The fourth-order valence-corrected chi connectivity index (χ4v) is 5.59. The number of aromatic nitrogens is 2. The number of halogens is 2. The molecule has 166 valence electrons. The van der Waals surface area contributed by atoms with Gasteiger partial charge in [0.1, 0.15) is 12.1 Å². The molecule has 0 unspecified atom stereocenters. The lowest BCUT2D eigenvalue weighted by Gasteiger charge is -2.12. The summed E-state index contributed by atoms with van der Waals surface area (Å²) < 4.78 is 67.4. The highest BCUT2D eigenvalue weighted by molar-refractivity contribution is 7.90. The molecular weight excluding hydrogens is 477 g/mol. The molecule has 0 atom stereocenters. The summed E-state index contributed by atoms with van der Waals surface area (Å²) in [5, 5.41) is 0.242. The van der Waals surface area contributed by atoms with Crippen LogP contribution in [-0.4, -0.2) is 44.2 Å². The molecule has 7 nitrogen and oxygen atoms in total. The quantitative estimate of drug-likeness (QED) is 0.419. The Hall–Kier alpha value is -2.79. The highest BCUT2D eigenvalue weighted by Crippen LogP contribution is 2.32. The number of benzene rings is 3. The van der Waals surface area contributed by atoms with Crippen molar-refractivity contribution in [1.29, 1.82) is 0 Å². The topological polar surface area (TPSA) is 89.3 Å². The van der Waals surface area contributed by atoms with Crippen molar-refractivity contribution < 1.29 is 21.2 Å². The van der Waals surface area contributed by atoms with Gasteiger partial charge >= 0.3 is 0 Å². The molecule has 0 aliphatic heterocycles. The maximum atomic E-state index is 14.5. The molecule has 0 aliphatic rings. The van der Waals surface area contributed by atoms with Gasteiger partial charge in [-0.15, -0.1) is 0 Å². The molecule has 32 heavy (non-hydrogen) atoms. The van der Waals surface area contributed by atoms with Crippen LogP contribution in [0.2, 0.25) is 5.02 Å². The van der Waals surface area contributed by atoms with Crippen molar-refractivity contribution in [3.8, 4) is 11.1 Å². The van der Waals surface area contributed by atoms with E-state index in [1.165, 1.54) is 56.6 Å². The van der Waals surface area contributed by atoms with E-state index in [-0.39, 0.29) is 25.9 Å². The molecule has 0 bridgehead atoms. The van der Waals surface area contributed by atoms with Crippen LogP contribution in [0.15, 0.2) is 76.8 Å². The minimum Gasteiger partial charge on any atom is -0.235 e. The molecule has 4 rings (SSSR count). The molecule has 4 aromatic rings. The van der Waals surface area contributed by atoms with Crippen LogP contribution < -0.4 is 0 Å². The second-order valence-electron chi connectivity index (χ2n) is 7.10. The van der Waals surface area contributed by atoms with Gasteiger partial charge in [-0.3, -0.25) is 0 Å². The normalized spacial score (nSPS) is 12.5. The van der Waals surface area contributed by atoms with E-state index >= 15 is 0 Å². The molecule has 3 aromatic carbocycles. The summed E-state index contributed by atoms with van der Waals surface area (Å²) in [7, 11) is -5.01. The molecule has 1 aromatic heterocycles. The number of hydrogen-bond donors (Lipinski definition) is 0. The predicted molar refractivity (Wildman–Crippen MR) is 120 cm³/mol. The Morgan fingerprint density at radius 2 is 1.56 bits per heavy atom. The van der Waals surface area contributed by atoms with Gasteiger partial charge in [-0.05, 0) is 48.5 Å². The summed E-state index contributed by atoms with van der Waals surface area (Å²) in [5.41, 5.74) is 1.20. The lowest BCUT2D eigenvalue weighted by molar-refractivity contribution is 0.520. The number of para-hydroxylation sites is 1. The van der Waals surface area contributed by atoms with Crippen molar-refractivity contribution in [3.05, 3.63) is 77.8 Å². The first-order valence-corrected chi connectivity index (χ1v) is 12.5. The third-order valence-electron chi connectivity index (χ3n) is 4.92. The number of sulfonamides is 1. The summed E-state index contributed by atoms with van der Waals surface area (Å²) in [6, 6.07) is 13.9. The van der Waals surface area contributed by atoms with Crippen LogP contribution in [0.3, 0.4) is 0 Å². The molecule has 1 heterocycles. The van der Waals surface area contributed by atoms with Gasteiger partial charge in [-0.2, -0.15) is 0 Å². The minimum atomic E-state index is -4.09. The Morgan fingerprint density at radius 1 is 0.906 bits per heavy atom. The molecule has 0 amide bonds. The molecule has 0 saturated heterocycles. The van der Waals surface area contributed by atoms with Gasteiger partial charge in [0.15, 0.2) is 0 Å². The van der Waals surface area contributed by atoms with Crippen LogP contribution in [-0.2, 0) is 20.0 Å². The van der Waals surface area contributed by atoms with Crippen molar-refractivity contribution in [2.45, 2.75) is 9.79 Å². The van der Waals surface area contributed by atoms with Gasteiger partial charge in [0.05, 0.1) is 20.8 Å². The van der Waals surface area contributed by atoms with Gasteiger partial charge in [-0.25, -0.2) is 34.5 Å². The molecule has 0 saturated carbocycles. The molecule has 0 fully saturated rings. The number of nitrogens with zero attached hydrogens (tertiary/aromatic N) is 3. The zero-order chi connectivity index (χ0) is 23.3. The van der Waals surface area contributed by atoms with E-state index in [0.717, 1.165) is 14.6 Å². The van der Waals surface area contributed by atoms with E-state index in [2.05, 4.69) is 4.98 Å². The van der Waals surface area contributed by atoms with Crippen LogP contribution in [0.25, 0.3) is 22.2 Å². The van der Waals surface area contributed by atoms with Crippen molar-refractivity contribution in [3.63, 3.8) is 0 Å². The number of fused-ring (bicyclic) bond motifs is 1. The summed E-state index contributed by atoms with van der Waals surface area (Å²) in [6.45, 7) is 0. The molecule has 11 heteroatoms. The van der Waals surface area contributed by atoms with Crippen LogP contribution in [0.4, 0.5) is 4.39 Å². The lowest BCUT2D eigenvalue weighted by Crippen LogP contribution is -2.22. The van der Waals surface area contributed by atoms with Gasteiger partial charge in [0.25, 0.3) is 10.0 Å². The zero-order valence-electron chi connectivity index (χ0n) is 16.9. The third-order valence-corrected chi connectivity index (χ3v) is 8.67. The summed E-state index contributed by atoms with van der Waals surface area (Å²) >= 11 is 5.83. The van der Waals surface area contributed by atoms with Gasteiger partial charge < -0.3 is 0 Å². The van der Waals surface area contributed by atoms with Crippen LogP contribution >= 0.6 is 11.6 Å². The average Bonchev–Trinajstić information content (AvgIpc) is 3.19. The first-order chi connectivity index (χ1) is 15.0. The molecule has 0 aliphatic carbocycles. The molecule has 0 spiro atoms. The van der Waals surface area contributed by atoms with E-state index in [4.69, 9.17) is 11.6 Å². The smallest absolute Gasteiger partial charge is 0.235 e. The fourth-order valence-electron chi connectivity index (χ4n) is 3.24. The third kappa shape index (κ3) is 3.69. The van der Waals surface area contributed by atoms with Crippen molar-refractivity contribution in [1.82, 2.24) is 13.3 Å². The van der Waals surface area contributed by atoms with Crippen molar-refractivity contribution >= 4 is 42.7 Å². The van der Waals surface area contributed by atoms with Crippen molar-refractivity contribution in [2.24, 2.45) is 0 Å². The maximum Gasteiger partial charge on any atom is 0.269 e. The van der Waals surface area contributed by atoms with Gasteiger partial charge in [0, 0.05) is 30.2 Å². The first kappa shape index (κ1) is 22.4. The second-order valence-corrected chi connectivity index (χ2v) is 11.5. The van der Waals surface area contributed by atoms with Crippen LogP contribution in [0.5, 0.6) is 0 Å². The summed E-state index contributed by atoms with van der Waals surface area (Å²) in [6.07, 6.45) is 1.14. The number of hydrogen-bond acceptors (Lipinski definition) is 5. The minimum absolute atomic E-state index is 0.0301. The molecule has 0 N–H and O–H groups in total. The standard InChI is InChI=1S/C21H17ClFN3O4S2/c1-25(2)31(27,28)15-7-9-16(10-8-15)32(29,30)26-13-24-21-18(4-3-5-20(21)26)17-11-6-14(22)12-19(17)23/h3-13H,1-2H3. The highest BCUT2D eigenvalue weighted by atomic mass is 35.5. The summed E-state index contributed by atoms with van der Waals surface area (Å²) in [4.78, 5) is 4.07. The predicted octanol–water partition coefficient (Wildman–Crippen LogP) is 3.98. The van der Waals surface area contributed by atoms with E-state index in [9.17, 15) is 21.2 Å². The van der Waals surface area contributed by atoms with Crippen LogP contribution in [0, 0.1) is 5.82 Å². The Labute approximate surface area is 189 Å². The first-order valence-electron chi connectivity index (χ1n) is 9.23. The summed E-state index contributed by atoms with van der Waals surface area (Å²) in [5.74, 6) is -0.555. The van der Waals surface area contributed by atoms with E-state index in [0.29, 0.717) is 11.1 Å². The Bertz CT molecular complexity index is 1550. The SMILES string of the molecule is CN(C)S(=O)(=O)c1ccc(S(=O)(=O)n2cnc3c(-c4ccc(Cl)cc4F)cccc32)cc1. The largest absolute Gasteiger partial charge is 0.269 e. The van der Waals surface area contributed by atoms with Gasteiger partial charge in [-0.1, -0.05) is 23.7 Å². The Kier molecular flexibility index (Phi) is 5.58. The van der Waals surface area contributed by atoms with Crippen molar-refractivity contribution in [2.75, 3.05) is 14.1 Å². The number of imidazole rings is 1. The monoisotopic (exact) mass is 493 g/mol. The second kappa shape index (κ2) is 7.96. The molecule has 0 radical (unpaired) electrons. The van der Waals surface area contributed by atoms with Gasteiger partial charge in [0.2, 0.25) is 10.0 Å². The van der Waals surface area contributed by atoms with E-state index in [1.807, 2.05) is 0 Å². The van der Waals surface area contributed by atoms with Crippen LogP contribution in [0.1, 0.15) is 0 Å². The zero-order valence-corrected chi connectivity index (χ0v) is 19.3. The molecular formula is C21H17ClFN3O4S2. The Morgan fingerprint density at radius 3 is 2.19 bits per heavy atom. The fraction of sp³-hybridized carbons (Fsp3) is 0.0952. The van der Waals surface area contributed by atoms with E-state index in [1.54, 1.807) is 18.2 Å². The Balaban J connectivity index is 1.82. The average molecular weight is 494 g/mol. The highest BCUT2D eigenvalue weighted by Gasteiger charge is 2.23. The maximum absolute atomic E-state index is 14.5. The number of rotatable bonds is 5. The lowest BCUT2D eigenvalue weighted by atomic mass is 10.0.